The van der Waals surface area contributed by atoms with E-state index >= 15 is 0 Å². The summed E-state index contributed by atoms with van der Waals surface area (Å²) in [6.45, 7) is 2.13. The zero-order valence-corrected chi connectivity index (χ0v) is 10.4. The lowest BCUT2D eigenvalue weighted by atomic mass is 10.3. The third-order valence-corrected chi connectivity index (χ3v) is 2.86. The maximum atomic E-state index is 11.5. The van der Waals surface area contributed by atoms with E-state index in [2.05, 4.69) is 9.97 Å². The topological polar surface area (TPSA) is 52.1 Å². The van der Waals surface area contributed by atoms with E-state index in [0.29, 0.717) is 22.4 Å². The van der Waals surface area contributed by atoms with Gasteiger partial charge in [0.2, 0.25) is 0 Å². The second-order valence-corrected chi connectivity index (χ2v) is 4.07. The number of nitrogens with zero attached hydrogens (tertiary/aromatic N) is 2. The molecule has 4 nitrogen and oxygen atoms in total. The van der Waals surface area contributed by atoms with Crippen LogP contribution in [-0.2, 0) is 4.74 Å². The van der Waals surface area contributed by atoms with Gasteiger partial charge in [-0.2, -0.15) is 0 Å². The van der Waals surface area contributed by atoms with Gasteiger partial charge in [-0.3, -0.25) is 0 Å². The summed E-state index contributed by atoms with van der Waals surface area (Å²) in [5.74, 6) is -0.366. The lowest BCUT2D eigenvalue weighted by Crippen LogP contribution is -2.08. The van der Waals surface area contributed by atoms with Gasteiger partial charge in [-0.15, -0.1) is 11.8 Å². The molecular weight excluding hydrogens is 232 g/mol. The molecule has 1 aromatic heterocycles. The Morgan fingerprint density at radius 3 is 2.73 bits per heavy atom. The Labute approximate surface area is 97.2 Å². The Hall–Kier alpha value is -0.750. The molecule has 82 valence electrons. The van der Waals surface area contributed by atoms with Gasteiger partial charge in [-0.25, -0.2) is 14.8 Å². The Kier molecular flexibility index (Phi) is 4.90. The molecule has 0 aromatic carbocycles. The first-order valence-electron chi connectivity index (χ1n) is 4.35. The fraction of sp³-hybridized carbons (Fsp3) is 0.444. The molecule has 0 unspecified atom stereocenters. The van der Waals surface area contributed by atoms with Gasteiger partial charge in [0.25, 0.3) is 0 Å². The first kappa shape index (κ1) is 12.3. The van der Waals surface area contributed by atoms with E-state index in [1.165, 1.54) is 29.7 Å². The molecule has 1 aromatic rings. The molecule has 0 N–H and O–H groups in total. The van der Waals surface area contributed by atoms with E-state index in [4.69, 9.17) is 4.74 Å². The van der Waals surface area contributed by atoms with Gasteiger partial charge in [0.15, 0.2) is 5.16 Å². The van der Waals surface area contributed by atoms with Crippen LogP contribution in [0.4, 0.5) is 0 Å². The van der Waals surface area contributed by atoms with E-state index in [-0.39, 0.29) is 5.97 Å². The Morgan fingerprint density at radius 2 is 2.20 bits per heavy atom. The zero-order valence-electron chi connectivity index (χ0n) is 8.81. The van der Waals surface area contributed by atoms with Crippen molar-refractivity contribution in [2.45, 2.75) is 17.1 Å². The fourth-order valence-corrected chi connectivity index (χ4v) is 1.89. The number of rotatable bonds is 4. The number of carbonyl (C=O) groups excluding carboxylic acids is 1. The highest BCUT2D eigenvalue weighted by Crippen LogP contribution is 2.20. The minimum absolute atomic E-state index is 0.358. The maximum Gasteiger partial charge on any atom is 0.342 e. The lowest BCUT2D eigenvalue weighted by molar-refractivity contribution is 0.0520. The summed E-state index contributed by atoms with van der Waals surface area (Å²) in [6, 6.07) is 0. The van der Waals surface area contributed by atoms with Gasteiger partial charge in [0.1, 0.15) is 10.6 Å². The molecule has 15 heavy (non-hydrogen) atoms. The molecule has 0 radical (unpaired) electrons. The largest absolute Gasteiger partial charge is 0.462 e. The molecule has 1 heterocycles. The van der Waals surface area contributed by atoms with Crippen molar-refractivity contribution in [3.63, 3.8) is 0 Å². The van der Waals surface area contributed by atoms with E-state index < -0.39 is 0 Å². The summed E-state index contributed by atoms with van der Waals surface area (Å²) in [4.78, 5) is 19.8. The van der Waals surface area contributed by atoms with Gasteiger partial charge in [-0.1, -0.05) is 11.8 Å². The first-order chi connectivity index (χ1) is 7.22. The number of thioether (sulfide) groups is 2. The second kappa shape index (κ2) is 5.97. The van der Waals surface area contributed by atoms with Crippen molar-refractivity contribution >= 4 is 29.5 Å². The normalized spacial score (nSPS) is 10.1. The van der Waals surface area contributed by atoms with Crippen LogP contribution in [0.25, 0.3) is 0 Å². The van der Waals surface area contributed by atoms with Crippen molar-refractivity contribution in [2.75, 3.05) is 19.1 Å². The monoisotopic (exact) mass is 244 g/mol. The minimum atomic E-state index is -0.366. The van der Waals surface area contributed by atoms with Crippen LogP contribution in [0.2, 0.25) is 0 Å². The first-order valence-corrected chi connectivity index (χ1v) is 6.80. The van der Waals surface area contributed by atoms with Gasteiger partial charge < -0.3 is 4.74 Å². The molecule has 1 rings (SSSR count). The molecule has 0 atom stereocenters. The number of hydrogen-bond acceptors (Lipinski definition) is 6. The molecular formula is C9H12N2O2S2. The van der Waals surface area contributed by atoms with E-state index in [1.54, 1.807) is 6.92 Å². The molecule has 0 aliphatic carbocycles. The van der Waals surface area contributed by atoms with Crippen molar-refractivity contribution in [1.29, 1.82) is 0 Å². The Morgan fingerprint density at radius 1 is 1.47 bits per heavy atom. The molecule has 0 fully saturated rings. The zero-order chi connectivity index (χ0) is 11.3. The van der Waals surface area contributed by atoms with Crippen LogP contribution in [0.5, 0.6) is 0 Å². The number of esters is 1. The van der Waals surface area contributed by atoms with Gasteiger partial charge >= 0.3 is 5.97 Å². The summed E-state index contributed by atoms with van der Waals surface area (Å²) in [5.41, 5.74) is 0.433. The lowest BCUT2D eigenvalue weighted by Gasteiger charge is -2.06. The fourth-order valence-electron chi connectivity index (χ4n) is 0.954. The number of ether oxygens (including phenoxy) is 1. The van der Waals surface area contributed by atoms with Crippen molar-refractivity contribution in [2.24, 2.45) is 0 Å². The summed E-state index contributed by atoms with van der Waals surface area (Å²) >= 11 is 2.86. The number of aromatic nitrogens is 2. The number of hydrogen-bond donors (Lipinski definition) is 0. The molecule has 0 amide bonds. The van der Waals surface area contributed by atoms with Crippen LogP contribution < -0.4 is 0 Å². The van der Waals surface area contributed by atoms with Gasteiger partial charge in [0.05, 0.1) is 6.61 Å². The summed E-state index contributed by atoms with van der Waals surface area (Å²) in [5, 5.41) is 1.32. The molecule has 0 aliphatic rings. The Bertz CT molecular complexity index is 358. The third-order valence-electron chi connectivity index (χ3n) is 1.60. The van der Waals surface area contributed by atoms with Crippen LogP contribution in [0.1, 0.15) is 17.3 Å². The standard InChI is InChI=1S/C9H12N2O2S2/c1-4-13-8(12)6-5-10-9(15-3)11-7(6)14-2/h5H,4H2,1-3H3. The van der Waals surface area contributed by atoms with Gasteiger partial charge in [-0.05, 0) is 19.4 Å². The van der Waals surface area contributed by atoms with Crippen molar-refractivity contribution < 1.29 is 9.53 Å². The van der Waals surface area contributed by atoms with Crippen LogP contribution in [0, 0.1) is 0 Å². The van der Waals surface area contributed by atoms with E-state index in [1.807, 2.05) is 12.5 Å². The highest BCUT2D eigenvalue weighted by Gasteiger charge is 2.14. The predicted octanol–water partition coefficient (Wildman–Crippen LogP) is 2.10. The van der Waals surface area contributed by atoms with Crippen molar-refractivity contribution in [1.82, 2.24) is 9.97 Å². The summed E-state index contributed by atoms with van der Waals surface area (Å²) < 4.78 is 4.90. The summed E-state index contributed by atoms with van der Waals surface area (Å²) in [6.07, 6.45) is 5.28. The van der Waals surface area contributed by atoms with Crippen LogP contribution in [-0.4, -0.2) is 35.1 Å². The SMILES string of the molecule is CCOC(=O)c1cnc(SC)nc1SC. The smallest absolute Gasteiger partial charge is 0.342 e. The van der Waals surface area contributed by atoms with Crippen molar-refractivity contribution in [3.05, 3.63) is 11.8 Å². The predicted molar refractivity (Wildman–Crippen MR) is 61.6 cm³/mol. The van der Waals surface area contributed by atoms with Crippen LogP contribution in [0.15, 0.2) is 16.4 Å². The molecule has 0 saturated heterocycles. The Balaban J connectivity index is 3.02. The third kappa shape index (κ3) is 3.10. The molecule has 6 heteroatoms. The maximum absolute atomic E-state index is 11.5. The molecule has 0 saturated carbocycles. The van der Waals surface area contributed by atoms with Crippen LogP contribution >= 0.6 is 23.5 Å². The molecule has 0 spiro atoms. The van der Waals surface area contributed by atoms with Gasteiger partial charge in [0, 0.05) is 6.20 Å². The average molecular weight is 244 g/mol. The van der Waals surface area contributed by atoms with E-state index in [0.717, 1.165) is 0 Å². The van der Waals surface area contributed by atoms with Crippen LogP contribution in [0.3, 0.4) is 0 Å². The number of carbonyl (C=O) groups is 1. The average Bonchev–Trinajstić information content (AvgIpc) is 2.28. The van der Waals surface area contributed by atoms with E-state index in [9.17, 15) is 4.79 Å². The highest BCUT2D eigenvalue weighted by molar-refractivity contribution is 7.99. The molecule has 0 bridgehead atoms. The highest BCUT2D eigenvalue weighted by atomic mass is 32.2. The van der Waals surface area contributed by atoms with Crippen molar-refractivity contribution in [3.8, 4) is 0 Å². The summed E-state index contributed by atoms with van der Waals surface area (Å²) in [7, 11) is 0. The minimum Gasteiger partial charge on any atom is -0.462 e. The molecule has 0 aliphatic heterocycles. The quantitative estimate of drug-likeness (QED) is 0.350. The second-order valence-electron chi connectivity index (χ2n) is 2.50.